The molecule has 1 saturated heterocycles. The maximum Gasteiger partial charge on any atom is 0.174 e. The molecule has 0 spiro atoms. The Kier molecular flexibility index (Phi) is 3.42. The molecule has 0 bridgehead atoms. The molecule has 1 aromatic carbocycles. The molecule has 3 nitrogen and oxygen atoms in total. The third-order valence-electron chi connectivity index (χ3n) is 2.15. The molecule has 4 heteroatoms. The summed E-state index contributed by atoms with van der Waals surface area (Å²) >= 11 is -1.02. The van der Waals surface area contributed by atoms with Crippen molar-refractivity contribution in [3.05, 3.63) is 30.3 Å². The van der Waals surface area contributed by atoms with Crippen LogP contribution in [0.25, 0.3) is 0 Å². The molecule has 1 fully saturated rings. The predicted molar refractivity (Wildman–Crippen MR) is 55.2 cm³/mol. The zero-order valence-electron chi connectivity index (χ0n) is 7.89. The zero-order valence-corrected chi connectivity index (χ0v) is 8.70. The Morgan fingerprint density at radius 1 is 1.14 bits per heavy atom. The van der Waals surface area contributed by atoms with Crippen LogP contribution in [0.2, 0.25) is 0 Å². The predicted octanol–water partition coefficient (Wildman–Crippen LogP) is 1.04. The monoisotopic (exact) mass is 211 g/mol. The first kappa shape index (κ1) is 9.98. The number of morpholine rings is 1. The van der Waals surface area contributed by atoms with Gasteiger partial charge in [-0.15, -0.1) is 4.31 Å². The molecular formula is C10H13NO2S. The molecule has 2 rings (SSSR count). The van der Waals surface area contributed by atoms with Crippen molar-refractivity contribution in [3.63, 3.8) is 0 Å². The summed E-state index contributed by atoms with van der Waals surface area (Å²) < 4.78 is 19.1. The molecule has 0 radical (unpaired) electrons. The summed E-state index contributed by atoms with van der Waals surface area (Å²) in [7, 11) is 0. The second kappa shape index (κ2) is 4.79. The van der Waals surface area contributed by atoms with Gasteiger partial charge in [0.2, 0.25) is 0 Å². The lowest BCUT2D eigenvalue weighted by Crippen LogP contribution is -2.40. The second-order valence-corrected chi connectivity index (χ2v) is 4.59. The number of benzene rings is 1. The molecule has 0 aliphatic carbocycles. The van der Waals surface area contributed by atoms with Crippen LogP contribution in [0.15, 0.2) is 35.2 Å². The number of hydrogen-bond acceptors (Lipinski definition) is 3. The molecule has 0 saturated carbocycles. The Bertz CT molecular complexity index is 275. The highest BCUT2D eigenvalue weighted by Crippen LogP contribution is 2.15. The van der Waals surface area contributed by atoms with Gasteiger partial charge in [0, 0.05) is 0 Å². The molecule has 1 heterocycles. The van der Waals surface area contributed by atoms with Crippen molar-refractivity contribution in [3.8, 4) is 0 Å². The standard InChI is InChI=1S/C10H13NO2S/c12-14(10-4-2-1-3-5-10)11-6-8-13-9-7-11/h1-5H,6-9H2. The van der Waals surface area contributed by atoms with Gasteiger partial charge in [-0.05, 0) is 12.1 Å². The quantitative estimate of drug-likeness (QED) is 0.686. The third kappa shape index (κ3) is 2.27. The first-order valence-corrected chi connectivity index (χ1v) is 5.78. The van der Waals surface area contributed by atoms with Crippen LogP contribution in [0, 0.1) is 0 Å². The molecule has 14 heavy (non-hydrogen) atoms. The molecule has 76 valence electrons. The highest BCUT2D eigenvalue weighted by molar-refractivity contribution is 7.89. The average Bonchev–Trinajstić information content (AvgIpc) is 2.30. The van der Waals surface area contributed by atoms with E-state index in [1.54, 1.807) is 0 Å². The molecule has 1 unspecified atom stereocenters. The normalized spacial score (nSPS) is 20.6. The van der Waals surface area contributed by atoms with E-state index in [2.05, 4.69) is 0 Å². The summed E-state index contributed by atoms with van der Waals surface area (Å²) in [6.45, 7) is 2.86. The van der Waals surface area contributed by atoms with Crippen molar-refractivity contribution in [2.75, 3.05) is 26.3 Å². The lowest BCUT2D eigenvalue weighted by Gasteiger charge is -2.27. The van der Waals surface area contributed by atoms with E-state index in [-0.39, 0.29) is 0 Å². The SMILES string of the molecule is [O-][S+](c1ccccc1)N1CCOCC1. The number of ether oxygens (including phenoxy) is 1. The fraction of sp³-hybridized carbons (Fsp3) is 0.400. The van der Waals surface area contributed by atoms with Gasteiger partial charge in [0.25, 0.3) is 0 Å². The van der Waals surface area contributed by atoms with Crippen LogP contribution in [-0.2, 0) is 16.1 Å². The Morgan fingerprint density at radius 3 is 2.43 bits per heavy atom. The van der Waals surface area contributed by atoms with Crippen molar-refractivity contribution < 1.29 is 9.29 Å². The van der Waals surface area contributed by atoms with Crippen molar-refractivity contribution in [1.29, 1.82) is 0 Å². The van der Waals surface area contributed by atoms with Crippen LogP contribution in [0.1, 0.15) is 0 Å². The third-order valence-corrected chi connectivity index (χ3v) is 3.66. The van der Waals surface area contributed by atoms with Gasteiger partial charge in [-0.1, -0.05) is 18.2 Å². The van der Waals surface area contributed by atoms with Crippen LogP contribution >= 0.6 is 0 Å². The molecule has 0 amide bonds. The Hall–Kier alpha value is -0.550. The average molecular weight is 211 g/mol. The van der Waals surface area contributed by atoms with Gasteiger partial charge >= 0.3 is 0 Å². The van der Waals surface area contributed by atoms with Crippen molar-refractivity contribution in [2.45, 2.75) is 4.90 Å². The van der Waals surface area contributed by atoms with Crippen LogP contribution in [0.5, 0.6) is 0 Å². The van der Waals surface area contributed by atoms with E-state index in [1.165, 1.54) is 0 Å². The summed E-state index contributed by atoms with van der Waals surface area (Å²) in [5.74, 6) is 0. The van der Waals surface area contributed by atoms with E-state index in [9.17, 15) is 4.55 Å². The minimum Gasteiger partial charge on any atom is -0.593 e. The second-order valence-electron chi connectivity index (χ2n) is 3.10. The minimum absolute atomic E-state index is 0.679. The van der Waals surface area contributed by atoms with Crippen molar-refractivity contribution in [1.82, 2.24) is 4.31 Å². The maximum atomic E-state index is 12.0. The van der Waals surface area contributed by atoms with E-state index < -0.39 is 11.4 Å². The van der Waals surface area contributed by atoms with Gasteiger partial charge in [-0.2, -0.15) is 0 Å². The fourth-order valence-electron chi connectivity index (χ4n) is 1.40. The Labute approximate surface area is 87.0 Å². The van der Waals surface area contributed by atoms with E-state index in [0.29, 0.717) is 13.2 Å². The molecular weight excluding hydrogens is 198 g/mol. The highest BCUT2D eigenvalue weighted by Gasteiger charge is 2.24. The smallest absolute Gasteiger partial charge is 0.174 e. The zero-order chi connectivity index (χ0) is 9.80. The van der Waals surface area contributed by atoms with E-state index >= 15 is 0 Å². The summed E-state index contributed by atoms with van der Waals surface area (Å²) in [5.41, 5.74) is 0. The first-order chi connectivity index (χ1) is 6.88. The van der Waals surface area contributed by atoms with E-state index in [0.717, 1.165) is 18.0 Å². The summed E-state index contributed by atoms with van der Waals surface area (Å²) in [6.07, 6.45) is 0. The van der Waals surface area contributed by atoms with Gasteiger partial charge in [0.1, 0.15) is 0 Å². The van der Waals surface area contributed by atoms with Crippen LogP contribution < -0.4 is 0 Å². The molecule has 1 aliphatic heterocycles. The molecule has 0 aromatic heterocycles. The van der Waals surface area contributed by atoms with Crippen LogP contribution in [-0.4, -0.2) is 35.2 Å². The molecule has 1 aliphatic rings. The summed E-state index contributed by atoms with van der Waals surface area (Å²) in [5, 5.41) is 0. The molecule has 1 atom stereocenters. The van der Waals surface area contributed by atoms with Crippen LogP contribution in [0.4, 0.5) is 0 Å². The van der Waals surface area contributed by atoms with E-state index in [4.69, 9.17) is 4.74 Å². The van der Waals surface area contributed by atoms with E-state index in [1.807, 2.05) is 34.6 Å². The minimum atomic E-state index is -1.02. The molecule has 1 aromatic rings. The fourth-order valence-corrected chi connectivity index (χ4v) is 2.57. The lowest BCUT2D eigenvalue weighted by atomic mass is 10.4. The first-order valence-electron chi connectivity index (χ1n) is 4.67. The Balaban J connectivity index is 2.03. The summed E-state index contributed by atoms with van der Waals surface area (Å²) in [6, 6.07) is 9.54. The van der Waals surface area contributed by atoms with Gasteiger partial charge in [-0.25, -0.2) is 0 Å². The van der Waals surface area contributed by atoms with Gasteiger partial charge in [-0.3, -0.25) is 0 Å². The van der Waals surface area contributed by atoms with Crippen molar-refractivity contribution in [2.24, 2.45) is 0 Å². The highest BCUT2D eigenvalue weighted by atomic mass is 32.2. The van der Waals surface area contributed by atoms with Gasteiger partial charge < -0.3 is 9.29 Å². The van der Waals surface area contributed by atoms with Crippen LogP contribution in [0.3, 0.4) is 0 Å². The number of rotatable bonds is 2. The van der Waals surface area contributed by atoms with Crippen molar-refractivity contribution >= 4 is 11.4 Å². The number of nitrogens with zero attached hydrogens (tertiary/aromatic N) is 1. The topological polar surface area (TPSA) is 35.5 Å². The lowest BCUT2D eigenvalue weighted by molar-refractivity contribution is 0.0730. The largest absolute Gasteiger partial charge is 0.593 e. The van der Waals surface area contributed by atoms with Gasteiger partial charge in [0.15, 0.2) is 4.90 Å². The Morgan fingerprint density at radius 2 is 1.79 bits per heavy atom. The van der Waals surface area contributed by atoms with Gasteiger partial charge in [0.05, 0.1) is 37.7 Å². The number of hydrogen-bond donors (Lipinski definition) is 0. The molecule has 0 N–H and O–H groups in total. The maximum absolute atomic E-state index is 12.0. The summed E-state index contributed by atoms with van der Waals surface area (Å²) in [4.78, 5) is 0.870.